The lowest BCUT2D eigenvalue weighted by molar-refractivity contribution is 0.0694. The maximum atomic E-state index is 15.2. The van der Waals surface area contributed by atoms with Crippen LogP contribution in [0.4, 0.5) is 15.8 Å². The number of rotatable bonds is 5. The minimum absolute atomic E-state index is 0.00220. The summed E-state index contributed by atoms with van der Waals surface area (Å²) < 4.78 is 17.0. The summed E-state index contributed by atoms with van der Waals surface area (Å²) in [7, 11) is 0. The van der Waals surface area contributed by atoms with Crippen LogP contribution >= 0.6 is 12.2 Å². The average molecular weight is 509 g/mol. The van der Waals surface area contributed by atoms with Crippen LogP contribution < -0.4 is 15.6 Å². The molecule has 2 aliphatic rings. The van der Waals surface area contributed by atoms with Gasteiger partial charge in [-0.15, -0.1) is 0 Å². The number of aromatic nitrogens is 1. The van der Waals surface area contributed by atoms with Gasteiger partial charge in [0.15, 0.2) is 10.9 Å². The molecule has 0 atom stereocenters. The first kappa shape index (κ1) is 23.9. The van der Waals surface area contributed by atoms with Crippen LogP contribution in [0.25, 0.3) is 10.9 Å². The maximum Gasteiger partial charge on any atom is 0.341 e. The normalized spacial score (nSPS) is 15.7. The Bertz CT molecular complexity index is 1440. The Balaban J connectivity index is 1.33. The van der Waals surface area contributed by atoms with Crippen molar-refractivity contribution in [1.29, 1.82) is 0 Å². The van der Waals surface area contributed by atoms with Crippen molar-refractivity contribution in [1.82, 2.24) is 9.47 Å². The number of thiocarbonyl (C=S) groups is 1. The van der Waals surface area contributed by atoms with Gasteiger partial charge in [-0.05, 0) is 68.4 Å². The first-order valence-electron chi connectivity index (χ1n) is 11.8. The molecule has 0 amide bonds. The number of ketones is 1. The monoisotopic (exact) mass is 508 g/mol. The molecule has 5 rings (SSSR count). The average Bonchev–Trinajstić information content (AvgIpc) is 3.70. The molecule has 2 N–H and O–H groups in total. The molecule has 1 aromatic heterocycles. The van der Waals surface area contributed by atoms with Crippen molar-refractivity contribution in [2.75, 3.05) is 36.4 Å². The Morgan fingerprint density at radius 1 is 1.08 bits per heavy atom. The summed E-state index contributed by atoms with van der Waals surface area (Å²) in [6.45, 7) is 3.70. The zero-order valence-electron chi connectivity index (χ0n) is 19.7. The number of carbonyl (C=O) groups excluding carboxylic acids is 1. The van der Waals surface area contributed by atoms with Crippen molar-refractivity contribution in [3.8, 4) is 0 Å². The third-order valence-electron chi connectivity index (χ3n) is 6.72. The first-order chi connectivity index (χ1) is 17.2. The van der Waals surface area contributed by atoms with E-state index in [1.165, 1.54) is 19.2 Å². The van der Waals surface area contributed by atoms with Gasteiger partial charge in [0.1, 0.15) is 11.4 Å². The number of nitrogens with zero attached hydrogens (tertiary/aromatic N) is 3. The van der Waals surface area contributed by atoms with Crippen molar-refractivity contribution in [2.45, 2.75) is 25.8 Å². The molecule has 2 fully saturated rings. The van der Waals surface area contributed by atoms with Gasteiger partial charge >= 0.3 is 5.97 Å². The molecular formula is C26H25FN4O4S. The van der Waals surface area contributed by atoms with Crippen LogP contribution in [0.3, 0.4) is 0 Å². The van der Waals surface area contributed by atoms with Crippen LogP contribution in [0.1, 0.15) is 46.5 Å². The summed E-state index contributed by atoms with van der Waals surface area (Å²) in [4.78, 5) is 39.6. The number of piperazine rings is 1. The van der Waals surface area contributed by atoms with Gasteiger partial charge in [-0.3, -0.25) is 9.59 Å². The van der Waals surface area contributed by atoms with Gasteiger partial charge in [-0.1, -0.05) is 0 Å². The number of Topliss-reactive ketones (excluding diaryl/α,β-unsaturated/α-hetero) is 1. The van der Waals surface area contributed by atoms with Crippen LogP contribution in [-0.4, -0.2) is 57.6 Å². The number of benzene rings is 2. The van der Waals surface area contributed by atoms with Crippen LogP contribution in [0, 0.1) is 5.82 Å². The molecule has 0 unspecified atom stereocenters. The van der Waals surface area contributed by atoms with Gasteiger partial charge in [0.2, 0.25) is 5.43 Å². The van der Waals surface area contributed by atoms with E-state index in [0.717, 1.165) is 18.5 Å². The number of hydrogen-bond acceptors (Lipinski definition) is 5. The summed E-state index contributed by atoms with van der Waals surface area (Å²) >= 11 is 5.55. The summed E-state index contributed by atoms with van der Waals surface area (Å²) in [5.74, 6) is -1.86. The predicted octanol–water partition coefficient (Wildman–Crippen LogP) is 3.90. The lowest BCUT2D eigenvalue weighted by atomic mass is 10.1. The second-order valence-electron chi connectivity index (χ2n) is 9.17. The van der Waals surface area contributed by atoms with Crippen LogP contribution in [0.2, 0.25) is 0 Å². The molecule has 8 nitrogen and oxygen atoms in total. The molecule has 1 saturated heterocycles. The lowest BCUT2D eigenvalue weighted by Gasteiger charge is -2.37. The molecule has 36 heavy (non-hydrogen) atoms. The molecule has 1 saturated carbocycles. The largest absolute Gasteiger partial charge is 0.477 e. The number of carboxylic acid groups (broad SMARTS) is 1. The smallest absolute Gasteiger partial charge is 0.341 e. The second-order valence-corrected chi connectivity index (χ2v) is 9.56. The van der Waals surface area contributed by atoms with E-state index in [2.05, 4.69) is 5.32 Å². The quantitative estimate of drug-likeness (QED) is 0.396. The van der Waals surface area contributed by atoms with E-state index in [1.807, 2.05) is 9.80 Å². The van der Waals surface area contributed by atoms with Crippen molar-refractivity contribution < 1.29 is 19.1 Å². The van der Waals surface area contributed by atoms with E-state index in [-0.39, 0.29) is 22.8 Å². The van der Waals surface area contributed by atoms with E-state index >= 15 is 4.39 Å². The van der Waals surface area contributed by atoms with Crippen molar-refractivity contribution in [3.63, 3.8) is 0 Å². The Hall–Kier alpha value is -3.79. The minimum Gasteiger partial charge on any atom is -0.477 e. The number of anilines is 2. The second kappa shape index (κ2) is 9.34. The standard InChI is InChI=1S/C26H25FN4O4S/c1-15(32)16-2-4-17(5-3-16)28-26(36)30-10-8-29(9-11-30)23-13-22-19(12-21(23)27)24(33)20(25(34)35)14-31(22)18-6-7-18/h2-5,12-14,18H,6-11H2,1H3,(H,28,36)(H,34,35). The number of fused-ring (bicyclic) bond motifs is 1. The van der Waals surface area contributed by atoms with Gasteiger partial charge in [0.25, 0.3) is 0 Å². The minimum atomic E-state index is -1.31. The van der Waals surface area contributed by atoms with Crippen molar-refractivity contribution >= 4 is 51.4 Å². The van der Waals surface area contributed by atoms with E-state index in [1.54, 1.807) is 34.9 Å². The summed E-state index contributed by atoms with van der Waals surface area (Å²) in [6, 6.07) is 10.1. The van der Waals surface area contributed by atoms with Gasteiger partial charge < -0.3 is 24.8 Å². The van der Waals surface area contributed by atoms with E-state index in [9.17, 15) is 19.5 Å². The lowest BCUT2D eigenvalue weighted by Crippen LogP contribution is -2.50. The first-order valence-corrected chi connectivity index (χ1v) is 12.2. The molecule has 186 valence electrons. The highest BCUT2D eigenvalue weighted by Gasteiger charge is 2.28. The number of carboxylic acids is 1. The van der Waals surface area contributed by atoms with Crippen LogP contribution in [0.5, 0.6) is 0 Å². The summed E-state index contributed by atoms with van der Waals surface area (Å²) in [5.41, 5.74) is 1.34. The molecule has 2 aromatic carbocycles. The molecule has 0 bridgehead atoms. The van der Waals surface area contributed by atoms with Gasteiger partial charge in [-0.25, -0.2) is 9.18 Å². The SMILES string of the molecule is CC(=O)c1ccc(NC(=S)N2CCN(c3cc4c(cc3F)c(=O)c(C(=O)O)cn4C3CC3)CC2)cc1. The molecule has 10 heteroatoms. The summed E-state index contributed by atoms with van der Waals surface area (Å²) in [5, 5.41) is 13.2. The number of pyridine rings is 1. The van der Waals surface area contributed by atoms with Gasteiger partial charge in [0.05, 0.1) is 11.2 Å². The highest BCUT2D eigenvalue weighted by molar-refractivity contribution is 7.80. The third kappa shape index (κ3) is 4.56. The van der Waals surface area contributed by atoms with E-state index in [0.29, 0.717) is 48.1 Å². The number of hydrogen-bond donors (Lipinski definition) is 2. The van der Waals surface area contributed by atoms with Gasteiger partial charge in [0, 0.05) is 55.1 Å². The highest BCUT2D eigenvalue weighted by atomic mass is 32.1. The van der Waals surface area contributed by atoms with Gasteiger partial charge in [-0.2, -0.15) is 0 Å². The Labute approximate surface area is 211 Å². The molecule has 1 aliphatic carbocycles. The zero-order valence-corrected chi connectivity index (χ0v) is 20.5. The predicted molar refractivity (Wildman–Crippen MR) is 140 cm³/mol. The Morgan fingerprint density at radius 2 is 1.75 bits per heavy atom. The number of carbonyl (C=O) groups is 2. The zero-order chi connectivity index (χ0) is 25.6. The van der Waals surface area contributed by atoms with Crippen LogP contribution in [0.15, 0.2) is 47.4 Å². The Kier molecular flexibility index (Phi) is 6.21. The molecular weight excluding hydrogens is 483 g/mol. The molecule has 0 spiro atoms. The Morgan fingerprint density at radius 3 is 2.33 bits per heavy atom. The van der Waals surface area contributed by atoms with Crippen molar-refractivity contribution in [2.24, 2.45) is 0 Å². The van der Waals surface area contributed by atoms with Crippen molar-refractivity contribution in [3.05, 3.63) is 69.8 Å². The fourth-order valence-corrected chi connectivity index (χ4v) is 4.85. The summed E-state index contributed by atoms with van der Waals surface area (Å²) in [6.07, 6.45) is 3.17. The maximum absolute atomic E-state index is 15.2. The molecule has 2 heterocycles. The fraction of sp³-hybridized carbons (Fsp3) is 0.308. The topological polar surface area (TPSA) is 94.9 Å². The van der Waals surface area contributed by atoms with E-state index in [4.69, 9.17) is 12.2 Å². The van der Waals surface area contributed by atoms with E-state index < -0.39 is 17.2 Å². The third-order valence-corrected chi connectivity index (χ3v) is 7.08. The number of nitrogens with one attached hydrogen (secondary N) is 1. The number of halogens is 1. The molecule has 1 aliphatic heterocycles. The highest BCUT2D eigenvalue weighted by Crippen LogP contribution is 2.38. The molecule has 0 radical (unpaired) electrons. The van der Waals surface area contributed by atoms with Crippen LogP contribution in [-0.2, 0) is 0 Å². The number of aromatic carboxylic acids is 1. The molecule has 3 aromatic rings. The fourth-order valence-electron chi connectivity index (χ4n) is 4.55.